The highest BCUT2D eigenvalue weighted by atomic mass is 15.0. The molecule has 1 aliphatic carbocycles. The second kappa shape index (κ2) is 1.50. The maximum atomic E-state index is 5.81. The zero-order valence-corrected chi connectivity index (χ0v) is 5.85. The summed E-state index contributed by atoms with van der Waals surface area (Å²) in [7, 11) is 0. The second-order valence-corrected chi connectivity index (χ2v) is 3.76. The molecular formula is C7H14N2. The van der Waals surface area contributed by atoms with Crippen LogP contribution in [0.25, 0.3) is 0 Å². The number of nitrogens with two attached hydrogens (primary N) is 1. The lowest BCUT2D eigenvalue weighted by molar-refractivity contribution is 0.0770. The van der Waals surface area contributed by atoms with Crippen LogP contribution in [0.15, 0.2) is 0 Å². The smallest absolute Gasteiger partial charge is 0.00907 e. The highest BCUT2D eigenvalue weighted by molar-refractivity contribution is 5.07. The van der Waals surface area contributed by atoms with Crippen LogP contribution in [-0.2, 0) is 0 Å². The van der Waals surface area contributed by atoms with E-state index in [1.54, 1.807) is 0 Å². The van der Waals surface area contributed by atoms with Crippen LogP contribution in [0, 0.1) is 11.3 Å². The first-order valence-corrected chi connectivity index (χ1v) is 3.69. The van der Waals surface area contributed by atoms with Crippen molar-refractivity contribution in [2.24, 2.45) is 17.1 Å². The monoisotopic (exact) mass is 126 g/mol. The van der Waals surface area contributed by atoms with Crippen LogP contribution >= 0.6 is 0 Å². The first-order chi connectivity index (χ1) is 4.22. The normalized spacial score (nSPS) is 56.7. The van der Waals surface area contributed by atoms with E-state index in [1.165, 1.54) is 13.0 Å². The molecule has 0 aromatic carbocycles. The minimum atomic E-state index is 0.491. The van der Waals surface area contributed by atoms with Gasteiger partial charge in [0.2, 0.25) is 0 Å². The van der Waals surface area contributed by atoms with Crippen LogP contribution in [-0.4, -0.2) is 19.1 Å². The summed E-state index contributed by atoms with van der Waals surface area (Å²) in [6.07, 6.45) is 1.23. The Morgan fingerprint density at radius 3 is 2.89 bits per heavy atom. The fourth-order valence-electron chi connectivity index (χ4n) is 2.30. The molecule has 2 heteroatoms. The molecule has 2 fully saturated rings. The molecule has 1 saturated carbocycles. The number of hydrogen-bond donors (Lipinski definition) is 2. The number of rotatable bonds is 0. The van der Waals surface area contributed by atoms with Crippen LogP contribution in [0.1, 0.15) is 13.3 Å². The van der Waals surface area contributed by atoms with Crippen molar-refractivity contribution >= 4 is 0 Å². The minimum Gasteiger partial charge on any atom is -0.327 e. The molecule has 3 atom stereocenters. The van der Waals surface area contributed by atoms with E-state index >= 15 is 0 Å². The van der Waals surface area contributed by atoms with Crippen LogP contribution in [0.5, 0.6) is 0 Å². The van der Waals surface area contributed by atoms with Crippen LogP contribution < -0.4 is 11.1 Å². The first-order valence-electron chi connectivity index (χ1n) is 3.69. The average molecular weight is 126 g/mol. The van der Waals surface area contributed by atoms with E-state index in [-0.39, 0.29) is 0 Å². The maximum absolute atomic E-state index is 5.81. The van der Waals surface area contributed by atoms with Crippen molar-refractivity contribution in [3.05, 3.63) is 0 Å². The third-order valence-electron chi connectivity index (χ3n) is 3.01. The third kappa shape index (κ3) is 0.578. The Morgan fingerprint density at radius 1 is 1.67 bits per heavy atom. The van der Waals surface area contributed by atoms with Crippen molar-refractivity contribution < 1.29 is 0 Å². The number of hydrogen-bond acceptors (Lipinski definition) is 2. The summed E-state index contributed by atoms with van der Waals surface area (Å²) >= 11 is 0. The molecule has 0 aromatic heterocycles. The van der Waals surface area contributed by atoms with Crippen molar-refractivity contribution in [3.8, 4) is 0 Å². The van der Waals surface area contributed by atoms with Crippen molar-refractivity contribution in [1.29, 1.82) is 0 Å². The highest BCUT2D eigenvalue weighted by Gasteiger charge is 2.51. The first kappa shape index (κ1) is 5.69. The van der Waals surface area contributed by atoms with E-state index < -0.39 is 0 Å². The van der Waals surface area contributed by atoms with E-state index in [4.69, 9.17) is 5.73 Å². The molecule has 0 spiro atoms. The van der Waals surface area contributed by atoms with Gasteiger partial charge in [0.25, 0.3) is 0 Å². The molecule has 1 saturated heterocycles. The predicted molar refractivity (Wildman–Crippen MR) is 37.1 cm³/mol. The second-order valence-electron chi connectivity index (χ2n) is 3.76. The van der Waals surface area contributed by atoms with Gasteiger partial charge in [0.05, 0.1) is 0 Å². The molecule has 0 bridgehead atoms. The molecule has 2 nitrogen and oxygen atoms in total. The largest absolute Gasteiger partial charge is 0.327 e. The SMILES string of the molecule is C[C@]12CNC[C@H]1[C@H](N)C2. The molecule has 0 unspecified atom stereocenters. The van der Waals surface area contributed by atoms with Gasteiger partial charge in [-0.25, -0.2) is 0 Å². The summed E-state index contributed by atoms with van der Waals surface area (Å²) < 4.78 is 0. The zero-order chi connectivity index (χ0) is 6.48. The van der Waals surface area contributed by atoms with Gasteiger partial charge in [0.15, 0.2) is 0 Å². The lowest BCUT2D eigenvalue weighted by atomic mass is 9.60. The van der Waals surface area contributed by atoms with Crippen molar-refractivity contribution in [2.45, 2.75) is 19.4 Å². The lowest BCUT2D eigenvalue weighted by Gasteiger charge is -2.46. The summed E-state index contributed by atoms with van der Waals surface area (Å²) in [4.78, 5) is 0. The Morgan fingerprint density at radius 2 is 2.44 bits per heavy atom. The summed E-state index contributed by atoms with van der Waals surface area (Å²) in [5.74, 6) is 0.775. The molecule has 0 amide bonds. The third-order valence-corrected chi connectivity index (χ3v) is 3.01. The summed E-state index contributed by atoms with van der Waals surface area (Å²) in [6, 6.07) is 0.491. The number of fused-ring (bicyclic) bond motifs is 1. The summed E-state index contributed by atoms with van der Waals surface area (Å²) in [5, 5.41) is 3.38. The van der Waals surface area contributed by atoms with Crippen LogP contribution in [0.2, 0.25) is 0 Å². The molecule has 0 radical (unpaired) electrons. The summed E-state index contributed by atoms with van der Waals surface area (Å²) in [6.45, 7) is 4.67. The molecule has 9 heavy (non-hydrogen) atoms. The van der Waals surface area contributed by atoms with E-state index in [2.05, 4.69) is 12.2 Å². The van der Waals surface area contributed by atoms with Gasteiger partial charge in [0.1, 0.15) is 0 Å². The molecule has 1 heterocycles. The molecule has 0 aromatic rings. The van der Waals surface area contributed by atoms with E-state index in [0.717, 1.165) is 12.5 Å². The van der Waals surface area contributed by atoms with E-state index in [1.807, 2.05) is 0 Å². The Balaban J connectivity index is 2.13. The fraction of sp³-hybridized carbons (Fsp3) is 1.00. The molecule has 52 valence electrons. The van der Waals surface area contributed by atoms with Crippen LogP contribution in [0.3, 0.4) is 0 Å². The van der Waals surface area contributed by atoms with Gasteiger partial charge < -0.3 is 11.1 Å². The van der Waals surface area contributed by atoms with Gasteiger partial charge in [-0.3, -0.25) is 0 Å². The van der Waals surface area contributed by atoms with Gasteiger partial charge in [-0.05, 0) is 17.8 Å². The van der Waals surface area contributed by atoms with Gasteiger partial charge in [0, 0.05) is 19.1 Å². The lowest BCUT2D eigenvalue weighted by Crippen LogP contribution is -2.53. The van der Waals surface area contributed by atoms with Gasteiger partial charge in [-0.2, -0.15) is 0 Å². The average Bonchev–Trinajstić information content (AvgIpc) is 2.06. The Bertz CT molecular complexity index is 135. The highest BCUT2D eigenvalue weighted by Crippen LogP contribution is 2.47. The van der Waals surface area contributed by atoms with Gasteiger partial charge >= 0.3 is 0 Å². The van der Waals surface area contributed by atoms with Crippen LogP contribution in [0.4, 0.5) is 0 Å². The van der Waals surface area contributed by atoms with E-state index in [9.17, 15) is 0 Å². The standard InChI is InChI=1S/C7H14N2/c1-7-2-6(8)5(7)3-9-4-7/h5-6,9H,2-4,8H2,1H3/t5-,6+,7-/m0/s1. The van der Waals surface area contributed by atoms with Crippen molar-refractivity contribution in [1.82, 2.24) is 5.32 Å². The fourth-order valence-corrected chi connectivity index (χ4v) is 2.30. The predicted octanol–water partition coefficient (Wildman–Crippen LogP) is -0.0569. The van der Waals surface area contributed by atoms with Crippen molar-refractivity contribution in [3.63, 3.8) is 0 Å². The topological polar surface area (TPSA) is 38.0 Å². The van der Waals surface area contributed by atoms with Crippen molar-refractivity contribution in [2.75, 3.05) is 13.1 Å². The number of nitrogens with one attached hydrogen (secondary N) is 1. The van der Waals surface area contributed by atoms with Gasteiger partial charge in [-0.15, -0.1) is 0 Å². The summed E-state index contributed by atoms with van der Waals surface area (Å²) in [5.41, 5.74) is 6.38. The molecular weight excluding hydrogens is 112 g/mol. The Hall–Kier alpha value is -0.0800. The molecule has 3 N–H and O–H groups in total. The minimum absolute atomic E-state index is 0.491. The van der Waals surface area contributed by atoms with Gasteiger partial charge in [-0.1, -0.05) is 6.92 Å². The zero-order valence-electron chi connectivity index (χ0n) is 5.85. The Kier molecular flexibility index (Phi) is 0.945. The molecule has 2 rings (SSSR count). The quantitative estimate of drug-likeness (QED) is 0.477. The maximum Gasteiger partial charge on any atom is 0.00907 e. The molecule has 2 aliphatic rings. The van der Waals surface area contributed by atoms with E-state index in [0.29, 0.717) is 11.5 Å². The Labute approximate surface area is 55.8 Å². The molecule has 1 aliphatic heterocycles.